The number of amides is 1. The van der Waals surface area contributed by atoms with Gasteiger partial charge in [-0.05, 0) is 12.1 Å². The minimum absolute atomic E-state index is 0.0206. The summed E-state index contributed by atoms with van der Waals surface area (Å²) in [5, 5.41) is 19.4. The summed E-state index contributed by atoms with van der Waals surface area (Å²) < 4.78 is 18.2. The van der Waals surface area contributed by atoms with Crippen LogP contribution < -0.4 is 10.1 Å². The fraction of sp³-hybridized carbons (Fsp3) is 0.333. The monoisotopic (exact) mass is 271 g/mol. The van der Waals surface area contributed by atoms with Gasteiger partial charge in [0, 0.05) is 0 Å². The van der Waals surface area contributed by atoms with Crippen LogP contribution in [0.15, 0.2) is 24.3 Å². The molecular formula is C12H14FNO5. The molecule has 0 aromatic heterocycles. The van der Waals surface area contributed by atoms with E-state index in [9.17, 15) is 14.0 Å². The molecule has 0 spiro atoms. The molecule has 0 radical (unpaired) electrons. The Hall–Kier alpha value is -2.15. The standard InChI is InChI=1S/C12H14FNO5/c13-8-3-1-2-4-10(8)19-6-5-11(16)14-9(7-15)12(17)18/h1-4,9,15H,5-7H2,(H,14,16)(H,17,18)/t9-/m1/s1. The molecule has 0 aliphatic carbocycles. The average molecular weight is 271 g/mol. The predicted molar refractivity (Wildman–Crippen MR) is 63.2 cm³/mol. The highest BCUT2D eigenvalue weighted by Crippen LogP contribution is 2.15. The van der Waals surface area contributed by atoms with Gasteiger partial charge in [-0.3, -0.25) is 4.79 Å². The topological polar surface area (TPSA) is 95.9 Å². The van der Waals surface area contributed by atoms with Gasteiger partial charge in [0.2, 0.25) is 5.91 Å². The third-order valence-electron chi connectivity index (χ3n) is 2.24. The van der Waals surface area contributed by atoms with Crippen molar-refractivity contribution in [1.82, 2.24) is 5.32 Å². The molecule has 6 nitrogen and oxygen atoms in total. The second-order valence-electron chi connectivity index (χ2n) is 3.67. The number of carbonyl (C=O) groups excluding carboxylic acids is 1. The smallest absolute Gasteiger partial charge is 0.328 e. The van der Waals surface area contributed by atoms with Crippen LogP contribution in [0, 0.1) is 5.82 Å². The zero-order valence-corrected chi connectivity index (χ0v) is 10.0. The number of aliphatic carboxylic acids is 1. The van der Waals surface area contributed by atoms with E-state index in [1.54, 1.807) is 6.07 Å². The number of benzene rings is 1. The number of ether oxygens (including phenoxy) is 1. The summed E-state index contributed by atoms with van der Waals surface area (Å²) in [7, 11) is 0. The maximum absolute atomic E-state index is 13.1. The number of rotatable bonds is 7. The molecular weight excluding hydrogens is 257 g/mol. The van der Waals surface area contributed by atoms with Crippen LogP contribution in [-0.2, 0) is 9.59 Å². The summed E-state index contributed by atoms with van der Waals surface area (Å²) in [5.41, 5.74) is 0. The van der Waals surface area contributed by atoms with E-state index in [4.69, 9.17) is 14.9 Å². The second kappa shape index (κ2) is 7.32. The number of carboxylic acid groups (broad SMARTS) is 1. The van der Waals surface area contributed by atoms with Crippen molar-refractivity contribution in [2.75, 3.05) is 13.2 Å². The lowest BCUT2D eigenvalue weighted by atomic mass is 10.3. The Balaban J connectivity index is 2.35. The van der Waals surface area contributed by atoms with E-state index < -0.39 is 30.3 Å². The third kappa shape index (κ3) is 4.92. The maximum atomic E-state index is 13.1. The Kier molecular flexibility index (Phi) is 5.74. The number of para-hydroxylation sites is 1. The molecule has 1 atom stereocenters. The van der Waals surface area contributed by atoms with Crippen molar-refractivity contribution < 1.29 is 28.9 Å². The van der Waals surface area contributed by atoms with Gasteiger partial charge in [-0.15, -0.1) is 0 Å². The van der Waals surface area contributed by atoms with Crippen LogP contribution in [-0.4, -0.2) is 41.3 Å². The zero-order chi connectivity index (χ0) is 14.3. The van der Waals surface area contributed by atoms with Gasteiger partial charge in [-0.2, -0.15) is 0 Å². The van der Waals surface area contributed by atoms with E-state index in [0.29, 0.717) is 0 Å². The van der Waals surface area contributed by atoms with Crippen LogP contribution in [0.2, 0.25) is 0 Å². The van der Waals surface area contributed by atoms with Crippen LogP contribution in [0.3, 0.4) is 0 Å². The van der Waals surface area contributed by atoms with Crippen LogP contribution in [0.1, 0.15) is 6.42 Å². The van der Waals surface area contributed by atoms with Gasteiger partial charge in [0.15, 0.2) is 11.6 Å². The lowest BCUT2D eigenvalue weighted by molar-refractivity contribution is -0.143. The number of aliphatic hydroxyl groups is 1. The summed E-state index contributed by atoms with van der Waals surface area (Å²) in [6.07, 6.45) is -0.141. The van der Waals surface area contributed by atoms with E-state index in [0.717, 1.165) is 0 Å². The average Bonchev–Trinajstić information content (AvgIpc) is 2.38. The van der Waals surface area contributed by atoms with Gasteiger partial charge in [0.05, 0.1) is 19.6 Å². The summed E-state index contributed by atoms with van der Waals surface area (Å²) in [5.74, 6) is -2.45. The Labute approximate surface area is 108 Å². The number of nitrogens with one attached hydrogen (secondary N) is 1. The predicted octanol–water partition coefficient (Wildman–Crippen LogP) is 0.156. The van der Waals surface area contributed by atoms with Crippen LogP contribution in [0.5, 0.6) is 5.75 Å². The molecule has 1 rings (SSSR count). The lowest BCUT2D eigenvalue weighted by Crippen LogP contribution is -2.43. The highest BCUT2D eigenvalue weighted by molar-refractivity contribution is 5.83. The summed E-state index contributed by atoms with van der Waals surface area (Å²) in [6.45, 7) is -0.792. The van der Waals surface area contributed by atoms with Gasteiger partial charge in [0.25, 0.3) is 0 Å². The minimum atomic E-state index is -1.35. The zero-order valence-electron chi connectivity index (χ0n) is 10.0. The molecule has 1 aromatic rings. The number of halogens is 1. The highest BCUT2D eigenvalue weighted by Gasteiger charge is 2.18. The Bertz CT molecular complexity index is 452. The molecule has 1 amide bonds. The fourth-order valence-electron chi connectivity index (χ4n) is 1.27. The third-order valence-corrected chi connectivity index (χ3v) is 2.24. The SMILES string of the molecule is O=C(CCOc1ccccc1F)N[C@H](CO)C(=O)O. The second-order valence-corrected chi connectivity index (χ2v) is 3.67. The molecule has 0 fully saturated rings. The Morgan fingerprint density at radius 1 is 1.37 bits per heavy atom. The first-order valence-electron chi connectivity index (χ1n) is 5.55. The lowest BCUT2D eigenvalue weighted by Gasteiger charge is -2.12. The molecule has 0 aliphatic heterocycles. The van der Waals surface area contributed by atoms with Gasteiger partial charge >= 0.3 is 5.97 Å². The normalized spacial score (nSPS) is 11.7. The molecule has 19 heavy (non-hydrogen) atoms. The molecule has 104 valence electrons. The molecule has 0 unspecified atom stereocenters. The first-order chi connectivity index (χ1) is 9.04. The van der Waals surface area contributed by atoms with Crippen molar-refractivity contribution in [3.63, 3.8) is 0 Å². The van der Waals surface area contributed by atoms with Crippen molar-refractivity contribution in [3.8, 4) is 5.75 Å². The molecule has 3 N–H and O–H groups in total. The number of aliphatic hydroxyl groups excluding tert-OH is 1. The molecule has 1 aromatic carbocycles. The number of hydrogen-bond acceptors (Lipinski definition) is 4. The van der Waals surface area contributed by atoms with Crippen LogP contribution in [0.4, 0.5) is 4.39 Å². The largest absolute Gasteiger partial charge is 0.490 e. The van der Waals surface area contributed by atoms with Crippen molar-refractivity contribution in [3.05, 3.63) is 30.1 Å². The van der Waals surface area contributed by atoms with E-state index in [1.165, 1.54) is 18.2 Å². The minimum Gasteiger partial charge on any atom is -0.490 e. The van der Waals surface area contributed by atoms with E-state index in [-0.39, 0.29) is 18.8 Å². The van der Waals surface area contributed by atoms with Crippen LogP contribution >= 0.6 is 0 Å². The molecule has 0 aliphatic rings. The van der Waals surface area contributed by atoms with Gasteiger partial charge in [-0.25, -0.2) is 9.18 Å². The van der Waals surface area contributed by atoms with E-state index in [2.05, 4.69) is 5.32 Å². The Morgan fingerprint density at radius 3 is 2.63 bits per heavy atom. The number of carboxylic acids is 1. The van der Waals surface area contributed by atoms with Crippen molar-refractivity contribution in [2.24, 2.45) is 0 Å². The maximum Gasteiger partial charge on any atom is 0.328 e. The quantitative estimate of drug-likeness (QED) is 0.656. The van der Waals surface area contributed by atoms with Crippen molar-refractivity contribution in [1.29, 1.82) is 0 Å². The molecule has 0 saturated heterocycles. The summed E-state index contributed by atoms with van der Waals surface area (Å²) in [4.78, 5) is 21.9. The van der Waals surface area contributed by atoms with Crippen molar-refractivity contribution in [2.45, 2.75) is 12.5 Å². The summed E-state index contributed by atoms with van der Waals surface area (Å²) in [6, 6.07) is 4.39. The van der Waals surface area contributed by atoms with Gasteiger partial charge in [0.1, 0.15) is 6.04 Å². The Morgan fingerprint density at radius 2 is 2.05 bits per heavy atom. The first kappa shape index (κ1) is 14.9. The molecule has 7 heteroatoms. The fourth-order valence-corrected chi connectivity index (χ4v) is 1.27. The first-order valence-corrected chi connectivity index (χ1v) is 5.55. The highest BCUT2D eigenvalue weighted by atomic mass is 19.1. The van der Waals surface area contributed by atoms with Gasteiger partial charge < -0.3 is 20.3 Å². The summed E-state index contributed by atoms with van der Waals surface area (Å²) >= 11 is 0. The van der Waals surface area contributed by atoms with Crippen LogP contribution in [0.25, 0.3) is 0 Å². The van der Waals surface area contributed by atoms with Gasteiger partial charge in [-0.1, -0.05) is 12.1 Å². The molecule has 0 bridgehead atoms. The number of carbonyl (C=O) groups is 2. The van der Waals surface area contributed by atoms with E-state index >= 15 is 0 Å². The van der Waals surface area contributed by atoms with Crippen molar-refractivity contribution >= 4 is 11.9 Å². The molecule has 0 saturated carbocycles. The number of hydrogen-bond donors (Lipinski definition) is 3. The molecule has 0 heterocycles. The van der Waals surface area contributed by atoms with E-state index in [1.807, 2.05) is 0 Å².